The van der Waals surface area contributed by atoms with Gasteiger partial charge in [0.15, 0.2) is 0 Å². The molecule has 0 spiro atoms. The lowest BCUT2D eigenvalue weighted by Crippen LogP contribution is -2.32. The summed E-state index contributed by atoms with van der Waals surface area (Å²) in [7, 11) is 0. The van der Waals surface area contributed by atoms with Gasteiger partial charge in [0, 0.05) is 23.6 Å². The highest BCUT2D eigenvalue weighted by atomic mass is 79.9. The summed E-state index contributed by atoms with van der Waals surface area (Å²) in [4.78, 5) is 13.7. The Morgan fingerprint density at radius 2 is 2.24 bits per heavy atom. The van der Waals surface area contributed by atoms with Gasteiger partial charge in [0.1, 0.15) is 5.82 Å². The molecule has 17 heavy (non-hydrogen) atoms. The first-order valence-electron chi connectivity index (χ1n) is 5.08. The third-order valence-electron chi connectivity index (χ3n) is 2.67. The van der Waals surface area contributed by atoms with Gasteiger partial charge in [-0.2, -0.15) is 0 Å². The van der Waals surface area contributed by atoms with E-state index in [0.717, 1.165) is 6.42 Å². The third-order valence-corrected chi connectivity index (χ3v) is 3.33. The van der Waals surface area contributed by atoms with Gasteiger partial charge >= 0.3 is 0 Å². The van der Waals surface area contributed by atoms with E-state index in [2.05, 4.69) is 15.9 Å². The van der Waals surface area contributed by atoms with Crippen LogP contribution >= 0.6 is 28.3 Å². The molecule has 1 fully saturated rings. The van der Waals surface area contributed by atoms with E-state index in [-0.39, 0.29) is 30.2 Å². The summed E-state index contributed by atoms with van der Waals surface area (Å²) in [6.45, 7) is 1.24. The molecule has 3 nitrogen and oxygen atoms in total. The molecule has 1 heterocycles. The number of nitrogens with two attached hydrogens (primary N) is 1. The van der Waals surface area contributed by atoms with Crippen LogP contribution < -0.4 is 5.73 Å². The van der Waals surface area contributed by atoms with E-state index in [0.29, 0.717) is 23.1 Å². The molecule has 2 N–H and O–H groups in total. The molecular weight excluding hydrogens is 310 g/mol. The molecular formula is C11H13BrClFN2O. The van der Waals surface area contributed by atoms with Crippen LogP contribution in [0.2, 0.25) is 0 Å². The van der Waals surface area contributed by atoms with Crippen LogP contribution in [-0.4, -0.2) is 29.9 Å². The van der Waals surface area contributed by atoms with Crippen LogP contribution in [0.4, 0.5) is 4.39 Å². The van der Waals surface area contributed by atoms with Crippen LogP contribution in [0, 0.1) is 5.82 Å². The van der Waals surface area contributed by atoms with Crippen molar-refractivity contribution < 1.29 is 9.18 Å². The number of hydrogen-bond acceptors (Lipinski definition) is 2. The van der Waals surface area contributed by atoms with E-state index in [1.54, 1.807) is 4.90 Å². The number of rotatable bonds is 1. The second-order valence-electron chi connectivity index (χ2n) is 3.92. The van der Waals surface area contributed by atoms with Crippen molar-refractivity contribution in [2.45, 2.75) is 12.5 Å². The fraction of sp³-hybridized carbons (Fsp3) is 0.364. The Hall–Kier alpha value is -0.650. The van der Waals surface area contributed by atoms with Gasteiger partial charge in [-0.15, -0.1) is 12.4 Å². The molecule has 6 heteroatoms. The summed E-state index contributed by atoms with van der Waals surface area (Å²) in [5.41, 5.74) is 6.22. The number of benzene rings is 1. The highest BCUT2D eigenvalue weighted by molar-refractivity contribution is 9.10. The second-order valence-corrected chi connectivity index (χ2v) is 4.78. The highest BCUT2D eigenvalue weighted by Gasteiger charge is 2.25. The Morgan fingerprint density at radius 1 is 1.53 bits per heavy atom. The quantitative estimate of drug-likeness (QED) is 0.861. The summed E-state index contributed by atoms with van der Waals surface area (Å²) in [6.07, 6.45) is 0.824. The molecule has 0 aliphatic carbocycles. The van der Waals surface area contributed by atoms with Crippen molar-refractivity contribution in [1.29, 1.82) is 0 Å². The monoisotopic (exact) mass is 322 g/mol. The van der Waals surface area contributed by atoms with Gasteiger partial charge < -0.3 is 10.6 Å². The molecule has 1 aromatic rings. The Bertz CT molecular complexity index is 430. The molecule has 0 radical (unpaired) electrons. The number of likely N-dealkylation sites (tertiary alicyclic amines) is 1. The van der Waals surface area contributed by atoms with Gasteiger partial charge in [-0.1, -0.05) is 0 Å². The van der Waals surface area contributed by atoms with E-state index in [1.165, 1.54) is 18.2 Å². The predicted molar refractivity (Wildman–Crippen MR) is 69.8 cm³/mol. The summed E-state index contributed by atoms with van der Waals surface area (Å²) in [5.74, 6) is -0.457. The van der Waals surface area contributed by atoms with Gasteiger partial charge in [-0.05, 0) is 40.5 Å². The largest absolute Gasteiger partial charge is 0.337 e. The van der Waals surface area contributed by atoms with Gasteiger partial charge in [-0.3, -0.25) is 4.79 Å². The highest BCUT2D eigenvalue weighted by Crippen LogP contribution is 2.21. The van der Waals surface area contributed by atoms with Crippen molar-refractivity contribution in [2.24, 2.45) is 5.73 Å². The van der Waals surface area contributed by atoms with Gasteiger partial charge in [0.05, 0.1) is 5.56 Å². The molecule has 0 aromatic heterocycles. The van der Waals surface area contributed by atoms with E-state index in [1.807, 2.05) is 0 Å². The maximum absolute atomic E-state index is 12.9. The van der Waals surface area contributed by atoms with E-state index in [4.69, 9.17) is 5.73 Å². The Kier molecular flexibility index (Phi) is 4.91. The summed E-state index contributed by atoms with van der Waals surface area (Å²) >= 11 is 3.19. The maximum Gasteiger partial charge on any atom is 0.255 e. The molecule has 1 aliphatic rings. The van der Waals surface area contributed by atoms with Crippen LogP contribution in [0.25, 0.3) is 0 Å². The number of amides is 1. The van der Waals surface area contributed by atoms with Gasteiger partial charge in [-0.25, -0.2) is 4.39 Å². The number of nitrogens with zero attached hydrogens (tertiary/aromatic N) is 1. The Balaban J connectivity index is 0.00000144. The zero-order valence-corrected chi connectivity index (χ0v) is 11.4. The summed E-state index contributed by atoms with van der Waals surface area (Å²) in [6, 6.07) is 4.13. The van der Waals surface area contributed by atoms with Gasteiger partial charge in [0.25, 0.3) is 5.91 Å². The maximum atomic E-state index is 12.9. The van der Waals surface area contributed by atoms with E-state index < -0.39 is 0 Å². The fourth-order valence-electron chi connectivity index (χ4n) is 1.81. The van der Waals surface area contributed by atoms with Crippen LogP contribution in [0.15, 0.2) is 22.7 Å². The molecule has 1 atom stereocenters. The van der Waals surface area contributed by atoms with Crippen molar-refractivity contribution in [3.8, 4) is 0 Å². The van der Waals surface area contributed by atoms with Crippen molar-refractivity contribution in [3.63, 3.8) is 0 Å². The molecule has 2 rings (SSSR count). The zero-order valence-electron chi connectivity index (χ0n) is 9.03. The number of carbonyl (C=O) groups excluding carboxylic acids is 1. The minimum atomic E-state index is -0.360. The average molecular weight is 324 g/mol. The molecule has 0 unspecified atom stereocenters. The second kappa shape index (κ2) is 5.80. The first-order chi connectivity index (χ1) is 7.58. The molecule has 1 aromatic carbocycles. The molecule has 94 valence electrons. The molecule has 1 saturated heterocycles. The smallest absolute Gasteiger partial charge is 0.255 e. The molecule has 0 bridgehead atoms. The predicted octanol–water partition coefficient (Wildman–Crippen LogP) is 2.18. The fourth-order valence-corrected chi connectivity index (χ4v) is 2.33. The molecule has 0 saturated carbocycles. The SMILES string of the molecule is Cl.N[C@@H]1CCN(C(=O)c2ccc(F)cc2Br)C1. The Morgan fingerprint density at radius 3 is 2.76 bits per heavy atom. The summed E-state index contributed by atoms with van der Waals surface area (Å²) in [5, 5.41) is 0. The number of halogens is 3. The minimum Gasteiger partial charge on any atom is -0.337 e. The third kappa shape index (κ3) is 3.18. The lowest BCUT2D eigenvalue weighted by molar-refractivity contribution is 0.0790. The minimum absolute atomic E-state index is 0. The first-order valence-corrected chi connectivity index (χ1v) is 5.87. The molecule has 1 amide bonds. The van der Waals surface area contributed by atoms with Crippen molar-refractivity contribution in [1.82, 2.24) is 4.90 Å². The molecule has 1 aliphatic heterocycles. The van der Waals surface area contributed by atoms with Crippen LogP contribution in [0.5, 0.6) is 0 Å². The van der Waals surface area contributed by atoms with Crippen molar-refractivity contribution in [2.75, 3.05) is 13.1 Å². The van der Waals surface area contributed by atoms with Crippen molar-refractivity contribution in [3.05, 3.63) is 34.1 Å². The average Bonchev–Trinajstić information content (AvgIpc) is 2.64. The van der Waals surface area contributed by atoms with Gasteiger partial charge in [0.2, 0.25) is 0 Å². The Labute approximate surface area is 114 Å². The van der Waals surface area contributed by atoms with E-state index in [9.17, 15) is 9.18 Å². The number of hydrogen-bond donors (Lipinski definition) is 1. The van der Waals surface area contributed by atoms with Crippen molar-refractivity contribution >= 4 is 34.2 Å². The zero-order chi connectivity index (χ0) is 11.7. The lowest BCUT2D eigenvalue weighted by Gasteiger charge is -2.16. The van der Waals surface area contributed by atoms with Crippen LogP contribution in [0.1, 0.15) is 16.8 Å². The van der Waals surface area contributed by atoms with E-state index >= 15 is 0 Å². The summed E-state index contributed by atoms with van der Waals surface area (Å²) < 4.78 is 13.4. The lowest BCUT2D eigenvalue weighted by atomic mass is 10.2. The van der Waals surface area contributed by atoms with Crippen LogP contribution in [0.3, 0.4) is 0 Å². The normalized spacial score (nSPS) is 19.0. The van der Waals surface area contributed by atoms with Crippen LogP contribution in [-0.2, 0) is 0 Å². The standard InChI is InChI=1S/C11H12BrFN2O.ClH/c12-10-5-7(13)1-2-9(10)11(16)15-4-3-8(14)6-15;/h1-2,5,8H,3-4,6,14H2;1H/t8-;/m1./s1. The first kappa shape index (κ1) is 14.4. The number of carbonyl (C=O) groups is 1. The topological polar surface area (TPSA) is 46.3 Å².